The standard InChI is InChI=1S/C21H21ClN6O2/c1-4-23-21(29)13-5-7-14(17(9-13)30-3)20-25-18(28(2)27-20)10-12-6-8-16-15(19(12)22)11-24-26-16/h5-9,11H,4,10H2,1-3H3,(H,23,29)(H,24,26). The molecule has 8 nitrogen and oxygen atoms in total. The van der Waals surface area contributed by atoms with Crippen LogP contribution < -0.4 is 10.1 Å². The smallest absolute Gasteiger partial charge is 0.251 e. The molecule has 9 heteroatoms. The molecule has 0 atom stereocenters. The zero-order valence-corrected chi connectivity index (χ0v) is 17.6. The van der Waals surface area contributed by atoms with E-state index in [-0.39, 0.29) is 5.91 Å². The largest absolute Gasteiger partial charge is 0.496 e. The van der Waals surface area contributed by atoms with Gasteiger partial charge in [0.2, 0.25) is 0 Å². The van der Waals surface area contributed by atoms with Crippen molar-refractivity contribution in [3.63, 3.8) is 0 Å². The number of fused-ring (bicyclic) bond motifs is 1. The van der Waals surface area contributed by atoms with Crippen molar-refractivity contribution in [2.45, 2.75) is 13.3 Å². The zero-order chi connectivity index (χ0) is 21.3. The number of halogens is 1. The lowest BCUT2D eigenvalue weighted by Gasteiger charge is -2.08. The minimum Gasteiger partial charge on any atom is -0.496 e. The number of amides is 1. The van der Waals surface area contributed by atoms with E-state index >= 15 is 0 Å². The molecule has 0 aliphatic rings. The maximum atomic E-state index is 12.1. The Balaban J connectivity index is 1.66. The predicted molar refractivity (Wildman–Crippen MR) is 115 cm³/mol. The molecule has 0 fully saturated rings. The van der Waals surface area contributed by atoms with Crippen molar-refractivity contribution in [3.8, 4) is 17.1 Å². The fourth-order valence-corrected chi connectivity index (χ4v) is 3.58. The van der Waals surface area contributed by atoms with E-state index in [1.54, 1.807) is 36.2 Å². The van der Waals surface area contributed by atoms with Gasteiger partial charge in [-0.1, -0.05) is 17.7 Å². The first kappa shape index (κ1) is 19.9. The second kappa shape index (κ2) is 8.16. The van der Waals surface area contributed by atoms with Gasteiger partial charge in [-0.15, -0.1) is 0 Å². The minimum atomic E-state index is -0.152. The molecule has 1 amide bonds. The summed E-state index contributed by atoms with van der Waals surface area (Å²) in [6.07, 6.45) is 2.23. The molecule has 2 N–H and O–H groups in total. The third kappa shape index (κ3) is 3.61. The second-order valence-electron chi connectivity index (χ2n) is 6.80. The van der Waals surface area contributed by atoms with Gasteiger partial charge in [-0.2, -0.15) is 10.2 Å². The number of benzene rings is 2. The van der Waals surface area contributed by atoms with Crippen molar-refractivity contribution in [1.82, 2.24) is 30.3 Å². The third-order valence-corrected chi connectivity index (χ3v) is 5.33. The normalized spacial score (nSPS) is 11.1. The van der Waals surface area contributed by atoms with Gasteiger partial charge in [0, 0.05) is 31.0 Å². The summed E-state index contributed by atoms with van der Waals surface area (Å²) in [7, 11) is 3.40. The maximum Gasteiger partial charge on any atom is 0.251 e. The summed E-state index contributed by atoms with van der Waals surface area (Å²) in [5.74, 6) is 1.66. The van der Waals surface area contributed by atoms with Gasteiger partial charge in [-0.25, -0.2) is 4.98 Å². The van der Waals surface area contributed by atoms with Crippen LogP contribution in [-0.4, -0.2) is 44.5 Å². The molecule has 0 spiro atoms. The van der Waals surface area contributed by atoms with Crippen LogP contribution in [0.15, 0.2) is 36.5 Å². The summed E-state index contributed by atoms with van der Waals surface area (Å²) in [4.78, 5) is 16.8. The number of hydrogen-bond acceptors (Lipinski definition) is 5. The summed E-state index contributed by atoms with van der Waals surface area (Å²) < 4.78 is 7.22. The van der Waals surface area contributed by atoms with Crippen molar-refractivity contribution < 1.29 is 9.53 Å². The number of hydrogen-bond donors (Lipinski definition) is 2. The number of aromatic amines is 1. The van der Waals surface area contributed by atoms with Crippen molar-refractivity contribution >= 4 is 28.4 Å². The lowest BCUT2D eigenvalue weighted by molar-refractivity contribution is 0.0955. The Morgan fingerprint density at radius 1 is 1.30 bits per heavy atom. The molecule has 0 saturated carbocycles. The van der Waals surface area contributed by atoms with Crippen LogP contribution in [0, 0.1) is 0 Å². The Kier molecular flexibility index (Phi) is 5.41. The number of aryl methyl sites for hydroxylation is 1. The fourth-order valence-electron chi connectivity index (χ4n) is 3.30. The predicted octanol–water partition coefficient (Wildman–Crippen LogP) is 3.36. The Labute approximate surface area is 178 Å². The van der Waals surface area contributed by atoms with E-state index in [0.29, 0.717) is 40.7 Å². The molecule has 2 heterocycles. The van der Waals surface area contributed by atoms with Crippen molar-refractivity contribution in [1.29, 1.82) is 0 Å². The number of methoxy groups -OCH3 is 1. The minimum absolute atomic E-state index is 0.152. The average molecular weight is 425 g/mol. The second-order valence-corrected chi connectivity index (χ2v) is 7.17. The molecule has 4 aromatic rings. The highest BCUT2D eigenvalue weighted by atomic mass is 35.5. The molecule has 154 valence electrons. The van der Waals surface area contributed by atoms with E-state index in [9.17, 15) is 4.79 Å². The Hall–Kier alpha value is -3.39. The van der Waals surface area contributed by atoms with Crippen LogP contribution in [-0.2, 0) is 13.5 Å². The zero-order valence-electron chi connectivity index (χ0n) is 16.9. The highest BCUT2D eigenvalue weighted by Crippen LogP contribution is 2.31. The molecule has 2 aromatic heterocycles. The number of aromatic nitrogens is 5. The van der Waals surface area contributed by atoms with Crippen molar-refractivity contribution in [3.05, 3.63) is 58.5 Å². The molecular weight excluding hydrogens is 404 g/mol. The molecule has 2 aromatic carbocycles. The highest BCUT2D eigenvalue weighted by molar-refractivity contribution is 6.36. The van der Waals surface area contributed by atoms with Crippen LogP contribution in [0.3, 0.4) is 0 Å². The van der Waals surface area contributed by atoms with Gasteiger partial charge in [0.25, 0.3) is 5.91 Å². The van der Waals surface area contributed by atoms with Gasteiger partial charge in [0.05, 0.1) is 29.4 Å². The number of carbonyl (C=O) groups excluding carboxylic acids is 1. The number of rotatable bonds is 6. The SMILES string of the molecule is CCNC(=O)c1ccc(-c2nc(Cc3ccc4[nH]ncc4c3Cl)n(C)n2)c(OC)c1. The van der Waals surface area contributed by atoms with Gasteiger partial charge in [0.15, 0.2) is 5.82 Å². The molecular formula is C21H21ClN6O2. The summed E-state index contributed by atoms with van der Waals surface area (Å²) in [5.41, 5.74) is 3.06. The number of nitrogens with one attached hydrogen (secondary N) is 2. The van der Waals surface area contributed by atoms with Crippen LogP contribution in [0.2, 0.25) is 5.02 Å². The number of ether oxygens (including phenoxy) is 1. The lowest BCUT2D eigenvalue weighted by atomic mass is 10.1. The van der Waals surface area contributed by atoms with E-state index in [4.69, 9.17) is 21.3 Å². The highest BCUT2D eigenvalue weighted by Gasteiger charge is 2.17. The number of carbonyl (C=O) groups is 1. The van der Waals surface area contributed by atoms with E-state index in [1.165, 1.54) is 0 Å². The molecule has 30 heavy (non-hydrogen) atoms. The fraction of sp³-hybridized carbons (Fsp3) is 0.238. The number of nitrogens with zero attached hydrogens (tertiary/aromatic N) is 4. The first-order valence-corrected chi connectivity index (χ1v) is 9.86. The van der Waals surface area contributed by atoms with Gasteiger partial charge in [0.1, 0.15) is 11.6 Å². The lowest BCUT2D eigenvalue weighted by Crippen LogP contribution is -2.22. The van der Waals surface area contributed by atoms with Crippen LogP contribution in [0.1, 0.15) is 28.7 Å². The maximum absolute atomic E-state index is 12.1. The quantitative estimate of drug-likeness (QED) is 0.494. The van der Waals surface area contributed by atoms with Crippen molar-refractivity contribution in [2.24, 2.45) is 7.05 Å². The van der Waals surface area contributed by atoms with Crippen LogP contribution in [0.25, 0.3) is 22.3 Å². The Morgan fingerprint density at radius 3 is 2.90 bits per heavy atom. The van der Waals surface area contributed by atoms with Gasteiger partial charge >= 0.3 is 0 Å². The van der Waals surface area contributed by atoms with Gasteiger partial charge < -0.3 is 10.1 Å². The molecule has 0 saturated heterocycles. The van der Waals surface area contributed by atoms with E-state index in [0.717, 1.165) is 22.3 Å². The first-order valence-electron chi connectivity index (χ1n) is 9.48. The molecule has 0 aliphatic heterocycles. The van der Waals surface area contributed by atoms with Crippen LogP contribution in [0.5, 0.6) is 5.75 Å². The molecule has 0 unspecified atom stereocenters. The Morgan fingerprint density at radius 2 is 2.13 bits per heavy atom. The van der Waals surface area contributed by atoms with Gasteiger partial charge in [-0.05, 0) is 36.8 Å². The number of H-pyrrole nitrogens is 1. The monoisotopic (exact) mass is 424 g/mol. The summed E-state index contributed by atoms with van der Waals surface area (Å²) >= 11 is 6.55. The summed E-state index contributed by atoms with van der Waals surface area (Å²) in [5, 5.41) is 15.8. The third-order valence-electron chi connectivity index (χ3n) is 4.88. The first-order chi connectivity index (χ1) is 14.5. The van der Waals surface area contributed by atoms with Crippen LogP contribution >= 0.6 is 11.6 Å². The average Bonchev–Trinajstić information content (AvgIpc) is 3.37. The molecule has 0 bridgehead atoms. The Bertz CT molecular complexity index is 1230. The van der Waals surface area contributed by atoms with E-state index in [2.05, 4.69) is 20.6 Å². The van der Waals surface area contributed by atoms with Crippen molar-refractivity contribution in [2.75, 3.05) is 13.7 Å². The van der Waals surface area contributed by atoms with E-state index < -0.39 is 0 Å². The van der Waals surface area contributed by atoms with Gasteiger partial charge in [-0.3, -0.25) is 14.6 Å². The summed E-state index contributed by atoms with van der Waals surface area (Å²) in [6.45, 7) is 2.43. The molecule has 0 aliphatic carbocycles. The molecule has 4 rings (SSSR count). The molecule has 0 radical (unpaired) electrons. The topological polar surface area (TPSA) is 97.7 Å². The summed E-state index contributed by atoms with van der Waals surface area (Å²) in [6, 6.07) is 9.14. The van der Waals surface area contributed by atoms with E-state index in [1.807, 2.05) is 26.1 Å². The van der Waals surface area contributed by atoms with Crippen LogP contribution in [0.4, 0.5) is 0 Å².